The molecule has 2 bridgehead atoms. The summed E-state index contributed by atoms with van der Waals surface area (Å²) in [5.41, 5.74) is 1.29. The fourth-order valence-corrected chi connectivity index (χ4v) is 3.78. The van der Waals surface area contributed by atoms with Crippen LogP contribution in [-0.2, 0) is 0 Å². The number of nitrogens with zero attached hydrogens (tertiary/aromatic N) is 2. The molecule has 2 fully saturated rings. The second kappa shape index (κ2) is 5.59. The molecule has 0 radical (unpaired) electrons. The lowest BCUT2D eigenvalue weighted by Gasteiger charge is -2.36. The number of piperidine rings is 1. The third kappa shape index (κ3) is 2.82. The van der Waals surface area contributed by atoms with Gasteiger partial charge in [0.1, 0.15) is 0 Å². The van der Waals surface area contributed by atoms with E-state index in [0.717, 1.165) is 24.5 Å². The van der Waals surface area contributed by atoms with Crippen molar-refractivity contribution in [3.63, 3.8) is 0 Å². The first-order valence-corrected chi connectivity index (χ1v) is 7.59. The van der Waals surface area contributed by atoms with Crippen molar-refractivity contribution in [1.82, 2.24) is 15.2 Å². The molecule has 0 amide bonds. The van der Waals surface area contributed by atoms with Gasteiger partial charge in [-0.3, -0.25) is 4.98 Å². The fourth-order valence-electron chi connectivity index (χ4n) is 3.78. The van der Waals surface area contributed by atoms with Crippen LogP contribution in [0.25, 0.3) is 0 Å². The maximum absolute atomic E-state index is 4.20. The Morgan fingerprint density at radius 2 is 2.11 bits per heavy atom. The number of fused-ring (bicyclic) bond motifs is 2. The van der Waals surface area contributed by atoms with E-state index in [1.807, 2.05) is 18.5 Å². The van der Waals surface area contributed by atoms with Crippen LogP contribution in [0.1, 0.15) is 44.2 Å². The Hall–Kier alpha value is -0.930. The summed E-state index contributed by atoms with van der Waals surface area (Å²) in [4.78, 5) is 6.81. The molecule has 0 spiro atoms. The van der Waals surface area contributed by atoms with Crippen molar-refractivity contribution in [2.24, 2.45) is 5.92 Å². The first-order chi connectivity index (χ1) is 9.24. The molecule has 2 aliphatic rings. The highest BCUT2D eigenvalue weighted by atomic mass is 15.2. The lowest BCUT2D eigenvalue weighted by atomic mass is 9.91. The number of hydrogen-bond acceptors (Lipinski definition) is 3. The predicted molar refractivity (Wildman–Crippen MR) is 78.0 cm³/mol. The van der Waals surface area contributed by atoms with E-state index in [-0.39, 0.29) is 0 Å². The zero-order valence-electron chi connectivity index (χ0n) is 12.0. The van der Waals surface area contributed by atoms with E-state index in [2.05, 4.69) is 35.2 Å². The Kier molecular flexibility index (Phi) is 3.85. The van der Waals surface area contributed by atoms with Gasteiger partial charge in [-0.25, -0.2) is 0 Å². The summed E-state index contributed by atoms with van der Waals surface area (Å²) in [6.07, 6.45) is 9.38. The van der Waals surface area contributed by atoms with Crippen LogP contribution in [0.15, 0.2) is 24.5 Å². The highest BCUT2D eigenvalue weighted by Crippen LogP contribution is 2.37. The van der Waals surface area contributed by atoms with Gasteiger partial charge < -0.3 is 10.2 Å². The molecule has 1 aromatic heterocycles. The molecular formula is C16H25N3. The number of nitrogens with one attached hydrogen (secondary N) is 1. The molecular weight excluding hydrogens is 234 g/mol. The fraction of sp³-hybridized carbons (Fsp3) is 0.688. The number of pyridine rings is 1. The molecule has 3 atom stereocenters. The van der Waals surface area contributed by atoms with Gasteiger partial charge in [-0.1, -0.05) is 6.07 Å². The van der Waals surface area contributed by atoms with E-state index in [1.165, 1.54) is 31.2 Å². The van der Waals surface area contributed by atoms with Crippen LogP contribution in [0.3, 0.4) is 0 Å². The quantitative estimate of drug-likeness (QED) is 0.901. The van der Waals surface area contributed by atoms with Crippen LogP contribution < -0.4 is 5.32 Å². The van der Waals surface area contributed by atoms with Crippen molar-refractivity contribution in [3.05, 3.63) is 30.1 Å². The van der Waals surface area contributed by atoms with Gasteiger partial charge in [0, 0.05) is 30.5 Å². The third-order valence-electron chi connectivity index (χ3n) is 5.09. The van der Waals surface area contributed by atoms with Gasteiger partial charge in [0.05, 0.1) is 0 Å². The summed E-state index contributed by atoms with van der Waals surface area (Å²) in [5, 5.41) is 3.69. The van der Waals surface area contributed by atoms with Crippen LogP contribution in [0.4, 0.5) is 0 Å². The normalized spacial score (nSPS) is 32.4. The molecule has 3 heterocycles. The molecule has 3 nitrogen and oxygen atoms in total. The average Bonchev–Trinajstić information content (AvgIpc) is 2.68. The van der Waals surface area contributed by atoms with E-state index < -0.39 is 0 Å². The molecule has 3 heteroatoms. The molecule has 2 saturated heterocycles. The number of rotatable bonds is 4. The van der Waals surface area contributed by atoms with E-state index >= 15 is 0 Å². The topological polar surface area (TPSA) is 28.2 Å². The van der Waals surface area contributed by atoms with Crippen molar-refractivity contribution < 1.29 is 0 Å². The summed E-state index contributed by atoms with van der Waals surface area (Å²) in [5.74, 6) is 0.854. The molecule has 0 saturated carbocycles. The standard InChI is InChI=1S/C16H25N3/c1-12(14-4-3-7-17-11-14)18-10-13-8-15-5-6-16(9-13)19(15)2/h3-4,7,11-13,15-16,18H,5-6,8-10H2,1-2H3. The molecule has 1 aromatic rings. The smallest absolute Gasteiger partial charge is 0.0315 e. The molecule has 0 aliphatic carbocycles. The second-order valence-corrected chi connectivity index (χ2v) is 6.30. The zero-order valence-corrected chi connectivity index (χ0v) is 12.0. The summed E-state index contributed by atoms with van der Waals surface area (Å²) in [6, 6.07) is 6.27. The van der Waals surface area contributed by atoms with E-state index in [9.17, 15) is 0 Å². The SMILES string of the molecule is CC(NCC1CC2CCC(C1)N2C)c1cccnc1. The minimum Gasteiger partial charge on any atom is -0.310 e. The highest BCUT2D eigenvalue weighted by molar-refractivity contribution is 5.12. The zero-order chi connectivity index (χ0) is 13.2. The molecule has 2 aliphatic heterocycles. The van der Waals surface area contributed by atoms with E-state index in [1.54, 1.807) is 0 Å². The largest absolute Gasteiger partial charge is 0.310 e. The molecule has 0 aromatic carbocycles. The van der Waals surface area contributed by atoms with Gasteiger partial charge >= 0.3 is 0 Å². The maximum Gasteiger partial charge on any atom is 0.0315 e. The molecule has 3 rings (SSSR count). The van der Waals surface area contributed by atoms with Gasteiger partial charge in [-0.15, -0.1) is 0 Å². The van der Waals surface area contributed by atoms with Crippen molar-refractivity contribution >= 4 is 0 Å². The van der Waals surface area contributed by atoms with E-state index in [4.69, 9.17) is 0 Å². The minimum absolute atomic E-state index is 0.408. The molecule has 1 N–H and O–H groups in total. The maximum atomic E-state index is 4.20. The summed E-state index contributed by atoms with van der Waals surface area (Å²) < 4.78 is 0. The van der Waals surface area contributed by atoms with Crippen LogP contribution in [-0.4, -0.2) is 35.6 Å². The van der Waals surface area contributed by atoms with Crippen LogP contribution in [0.2, 0.25) is 0 Å². The highest BCUT2D eigenvalue weighted by Gasteiger charge is 2.38. The lowest BCUT2D eigenvalue weighted by Crippen LogP contribution is -2.42. The third-order valence-corrected chi connectivity index (χ3v) is 5.09. The van der Waals surface area contributed by atoms with Gasteiger partial charge in [-0.05, 0) is 63.7 Å². The first kappa shape index (κ1) is 13.1. The summed E-state index contributed by atoms with van der Waals surface area (Å²) in [6.45, 7) is 3.39. The Balaban J connectivity index is 1.51. The Morgan fingerprint density at radius 1 is 1.37 bits per heavy atom. The number of hydrogen-bond donors (Lipinski definition) is 1. The summed E-state index contributed by atoms with van der Waals surface area (Å²) >= 11 is 0. The van der Waals surface area contributed by atoms with Gasteiger partial charge in [-0.2, -0.15) is 0 Å². The van der Waals surface area contributed by atoms with Crippen molar-refractivity contribution in [3.8, 4) is 0 Å². The van der Waals surface area contributed by atoms with Gasteiger partial charge in [0.15, 0.2) is 0 Å². The summed E-state index contributed by atoms with van der Waals surface area (Å²) in [7, 11) is 2.31. The van der Waals surface area contributed by atoms with Crippen molar-refractivity contribution in [2.45, 2.75) is 50.7 Å². The lowest BCUT2D eigenvalue weighted by molar-refractivity contribution is 0.131. The average molecular weight is 259 g/mol. The van der Waals surface area contributed by atoms with Crippen LogP contribution >= 0.6 is 0 Å². The Morgan fingerprint density at radius 3 is 2.74 bits per heavy atom. The second-order valence-electron chi connectivity index (χ2n) is 6.30. The predicted octanol–water partition coefficient (Wildman–Crippen LogP) is 2.61. The van der Waals surface area contributed by atoms with Gasteiger partial charge in [0.2, 0.25) is 0 Å². The first-order valence-electron chi connectivity index (χ1n) is 7.59. The van der Waals surface area contributed by atoms with Crippen molar-refractivity contribution in [1.29, 1.82) is 0 Å². The van der Waals surface area contributed by atoms with Gasteiger partial charge in [0.25, 0.3) is 0 Å². The molecule has 104 valence electrons. The number of aromatic nitrogens is 1. The molecule has 3 unspecified atom stereocenters. The van der Waals surface area contributed by atoms with Crippen LogP contribution in [0.5, 0.6) is 0 Å². The van der Waals surface area contributed by atoms with Crippen molar-refractivity contribution in [2.75, 3.05) is 13.6 Å². The minimum atomic E-state index is 0.408. The Bertz CT molecular complexity index is 392. The Labute approximate surface area is 116 Å². The van der Waals surface area contributed by atoms with E-state index in [0.29, 0.717) is 6.04 Å². The van der Waals surface area contributed by atoms with Crippen LogP contribution in [0, 0.1) is 5.92 Å². The monoisotopic (exact) mass is 259 g/mol. The molecule has 19 heavy (non-hydrogen) atoms.